The maximum absolute atomic E-state index is 13.1. The number of carbonyl (C=O) groups excluding carboxylic acids is 1. The molecule has 3 aromatic heterocycles. The lowest BCUT2D eigenvalue weighted by Gasteiger charge is -2.28. The molecule has 8 heteroatoms. The molecule has 0 bridgehead atoms. The number of nitrogens with zero attached hydrogens (tertiary/aromatic N) is 3. The summed E-state index contributed by atoms with van der Waals surface area (Å²) < 4.78 is 7.65. The third-order valence-corrected chi connectivity index (χ3v) is 7.35. The molecule has 1 aliphatic rings. The summed E-state index contributed by atoms with van der Waals surface area (Å²) in [7, 11) is 0. The minimum Gasteiger partial charge on any atom is -0.467 e. The average Bonchev–Trinajstić information content (AvgIpc) is 3.56. The van der Waals surface area contributed by atoms with Gasteiger partial charge in [0.1, 0.15) is 5.76 Å². The lowest BCUT2D eigenvalue weighted by atomic mass is 9.96. The third-order valence-electron chi connectivity index (χ3n) is 6.21. The van der Waals surface area contributed by atoms with Crippen LogP contribution in [0.1, 0.15) is 43.6 Å². The Bertz CT molecular complexity index is 1190. The SMILES string of the molecule is O=C(NC1CCCCC1)N(CCc1csc2nc(-c3ccc(Cl)cc3)cn12)Cc1ccco1. The van der Waals surface area contributed by atoms with E-state index in [1.807, 2.05) is 41.3 Å². The first-order valence-electron chi connectivity index (χ1n) is 11.4. The number of benzene rings is 1. The predicted octanol–water partition coefficient (Wildman–Crippen LogP) is 6.40. The highest BCUT2D eigenvalue weighted by atomic mass is 35.5. The molecule has 0 aliphatic heterocycles. The van der Waals surface area contributed by atoms with Gasteiger partial charge in [0, 0.05) is 46.9 Å². The van der Waals surface area contributed by atoms with E-state index in [-0.39, 0.29) is 12.1 Å². The highest BCUT2D eigenvalue weighted by molar-refractivity contribution is 7.15. The van der Waals surface area contributed by atoms with Crippen molar-refractivity contribution in [2.75, 3.05) is 6.54 Å². The summed E-state index contributed by atoms with van der Waals surface area (Å²) in [6, 6.07) is 11.7. The van der Waals surface area contributed by atoms with Crippen molar-refractivity contribution in [3.05, 3.63) is 70.7 Å². The van der Waals surface area contributed by atoms with Gasteiger partial charge in [-0.1, -0.05) is 43.0 Å². The Morgan fingerprint density at radius 1 is 1.21 bits per heavy atom. The second-order valence-corrected chi connectivity index (χ2v) is 9.82. The molecule has 5 rings (SSSR count). The summed E-state index contributed by atoms with van der Waals surface area (Å²) in [4.78, 5) is 20.7. The zero-order valence-electron chi connectivity index (χ0n) is 18.4. The fourth-order valence-corrected chi connectivity index (χ4v) is 5.41. The number of imidazole rings is 1. The molecular weight excluding hydrogens is 456 g/mol. The van der Waals surface area contributed by atoms with E-state index in [2.05, 4.69) is 21.3 Å². The number of nitrogens with one attached hydrogen (secondary N) is 1. The molecular formula is C25H27ClN4O2S. The van der Waals surface area contributed by atoms with Gasteiger partial charge in [0.2, 0.25) is 0 Å². The van der Waals surface area contributed by atoms with E-state index in [1.54, 1.807) is 17.6 Å². The molecule has 0 atom stereocenters. The van der Waals surface area contributed by atoms with Crippen LogP contribution in [0.5, 0.6) is 0 Å². The standard InChI is InChI=1S/C25H27ClN4O2S/c26-19-10-8-18(9-11-19)23-16-30-21(17-33-25(30)28-23)12-13-29(15-22-7-4-14-32-22)24(31)27-20-5-2-1-3-6-20/h4,7-11,14,16-17,20H,1-3,5-6,12-13,15H2,(H,27,31). The highest BCUT2D eigenvalue weighted by Crippen LogP contribution is 2.25. The van der Waals surface area contributed by atoms with Crippen molar-refractivity contribution in [1.82, 2.24) is 19.6 Å². The Kier molecular flexibility index (Phi) is 6.69. The van der Waals surface area contributed by atoms with Gasteiger partial charge in [-0.2, -0.15) is 0 Å². The molecule has 33 heavy (non-hydrogen) atoms. The number of rotatable bonds is 7. The van der Waals surface area contributed by atoms with Crippen LogP contribution in [0.25, 0.3) is 16.2 Å². The second kappa shape index (κ2) is 10.0. The zero-order chi connectivity index (χ0) is 22.6. The topological polar surface area (TPSA) is 62.8 Å². The van der Waals surface area contributed by atoms with Crippen LogP contribution in [0.15, 0.2) is 58.7 Å². The zero-order valence-corrected chi connectivity index (χ0v) is 19.9. The molecule has 4 aromatic rings. The molecule has 2 amide bonds. The quantitative estimate of drug-likeness (QED) is 0.331. The van der Waals surface area contributed by atoms with Crippen LogP contribution in [0.2, 0.25) is 5.02 Å². The Morgan fingerprint density at radius 3 is 2.79 bits per heavy atom. The molecule has 1 aromatic carbocycles. The number of hydrogen-bond donors (Lipinski definition) is 1. The van der Waals surface area contributed by atoms with Crippen LogP contribution < -0.4 is 5.32 Å². The van der Waals surface area contributed by atoms with Crippen molar-refractivity contribution in [2.24, 2.45) is 0 Å². The second-order valence-electron chi connectivity index (χ2n) is 8.55. The first-order chi connectivity index (χ1) is 16.2. The summed E-state index contributed by atoms with van der Waals surface area (Å²) in [5.41, 5.74) is 3.09. The van der Waals surface area contributed by atoms with Gasteiger partial charge in [-0.05, 0) is 37.1 Å². The minimum absolute atomic E-state index is 0.0164. The summed E-state index contributed by atoms with van der Waals surface area (Å²) in [6.45, 7) is 1.05. The fraction of sp³-hybridized carbons (Fsp3) is 0.360. The summed E-state index contributed by atoms with van der Waals surface area (Å²) in [5, 5.41) is 6.08. The van der Waals surface area contributed by atoms with Crippen molar-refractivity contribution >= 4 is 33.9 Å². The van der Waals surface area contributed by atoms with Gasteiger partial charge in [0.25, 0.3) is 0 Å². The molecule has 3 heterocycles. The number of urea groups is 1. The summed E-state index contributed by atoms with van der Waals surface area (Å²) in [5.74, 6) is 0.789. The highest BCUT2D eigenvalue weighted by Gasteiger charge is 2.21. The van der Waals surface area contributed by atoms with Crippen LogP contribution in [-0.2, 0) is 13.0 Å². The van der Waals surface area contributed by atoms with E-state index < -0.39 is 0 Å². The van der Waals surface area contributed by atoms with Gasteiger partial charge in [0.05, 0.1) is 18.5 Å². The van der Waals surface area contributed by atoms with E-state index in [0.29, 0.717) is 18.1 Å². The largest absolute Gasteiger partial charge is 0.467 e. The van der Waals surface area contributed by atoms with Crippen molar-refractivity contribution in [2.45, 2.75) is 51.1 Å². The molecule has 1 N–H and O–H groups in total. The molecule has 0 saturated heterocycles. The Labute approximate surface area is 202 Å². The van der Waals surface area contributed by atoms with Crippen LogP contribution in [0.4, 0.5) is 4.79 Å². The Balaban J connectivity index is 1.30. The van der Waals surface area contributed by atoms with Crippen LogP contribution >= 0.6 is 22.9 Å². The maximum Gasteiger partial charge on any atom is 0.318 e. The Morgan fingerprint density at radius 2 is 2.03 bits per heavy atom. The number of fused-ring (bicyclic) bond motifs is 1. The van der Waals surface area contributed by atoms with Gasteiger partial charge in [-0.25, -0.2) is 9.78 Å². The van der Waals surface area contributed by atoms with Crippen molar-refractivity contribution < 1.29 is 9.21 Å². The van der Waals surface area contributed by atoms with E-state index in [1.165, 1.54) is 19.3 Å². The fourth-order valence-electron chi connectivity index (χ4n) is 4.37. The van der Waals surface area contributed by atoms with Crippen molar-refractivity contribution in [3.8, 4) is 11.3 Å². The van der Waals surface area contributed by atoms with Gasteiger partial charge in [-0.3, -0.25) is 4.40 Å². The number of halogens is 1. The smallest absolute Gasteiger partial charge is 0.318 e. The first-order valence-corrected chi connectivity index (χ1v) is 12.7. The number of furan rings is 1. The summed E-state index contributed by atoms with van der Waals surface area (Å²) >= 11 is 7.64. The van der Waals surface area contributed by atoms with Crippen LogP contribution in [0, 0.1) is 0 Å². The lowest BCUT2D eigenvalue weighted by molar-refractivity contribution is 0.183. The molecule has 1 fully saturated rings. The molecule has 172 valence electrons. The minimum atomic E-state index is -0.0164. The molecule has 0 spiro atoms. The Hall–Kier alpha value is -2.77. The van der Waals surface area contributed by atoms with Gasteiger partial charge >= 0.3 is 6.03 Å². The van der Waals surface area contributed by atoms with Gasteiger partial charge in [-0.15, -0.1) is 11.3 Å². The number of carbonyl (C=O) groups is 1. The number of thiazole rings is 1. The van der Waals surface area contributed by atoms with Crippen molar-refractivity contribution in [3.63, 3.8) is 0 Å². The number of hydrogen-bond acceptors (Lipinski definition) is 4. The van der Waals surface area contributed by atoms with Crippen LogP contribution in [0.3, 0.4) is 0 Å². The van der Waals surface area contributed by atoms with E-state index in [0.717, 1.165) is 46.9 Å². The van der Waals surface area contributed by atoms with E-state index in [9.17, 15) is 4.79 Å². The molecule has 0 radical (unpaired) electrons. The van der Waals surface area contributed by atoms with Gasteiger partial charge in [0.15, 0.2) is 4.96 Å². The average molecular weight is 483 g/mol. The molecule has 0 unspecified atom stereocenters. The first kappa shape index (κ1) is 22.0. The number of amides is 2. The predicted molar refractivity (Wildman–Crippen MR) is 132 cm³/mol. The van der Waals surface area contributed by atoms with E-state index >= 15 is 0 Å². The van der Waals surface area contributed by atoms with Crippen LogP contribution in [-0.4, -0.2) is 32.9 Å². The normalized spacial score (nSPS) is 14.6. The van der Waals surface area contributed by atoms with Crippen molar-refractivity contribution in [1.29, 1.82) is 0 Å². The third kappa shape index (κ3) is 5.25. The monoisotopic (exact) mass is 482 g/mol. The lowest BCUT2D eigenvalue weighted by Crippen LogP contribution is -2.45. The van der Waals surface area contributed by atoms with E-state index in [4.69, 9.17) is 21.0 Å². The van der Waals surface area contributed by atoms with Gasteiger partial charge < -0.3 is 14.6 Å². The molecule has 6 nitrogen and oxygen atoms in total. The summed E-state index contributed by atoms with van der Waals surface area (Å²) in [6.07, 6.45) is 10.2. The molecule has 1 saturated carbocycles. The molecule has 1 aliphatic carbocycles. The number of aromatic nitrogens is 2. The maximum atomic E-state index is 13.1.